The van der Waals surface area contributed by atoms with Crippen molar-refractivity contribution in [3.63, 3.8) is 0 Å². The van der Waals surface area contributed by atoms with E-state index in [0.717, 1.165) is 23.3 Å². The molecule has 3 rings (SSSR count). The van der Waals surface area contributed by atoms with Crippen LogP contribution in [0, 0.1) is 0 Å². The Morgan fingerprint density at radius 3 is 2.27 bits per heavy atom. The van der Waals surface area contributed by atoms with Gasteiger partial charge in [-0.2, -0.15) is 13.2 Å². The highest BCUT2D eigenvalue weighted by Gasteiger charge is 2.34. The molecule has 1 heterocycles. The molecule has 2 aromatic rings. The molecular formula is C21H21F3N2O4. The van der Waals surface area contributed by atoms with E-state index < -0.39 is 35.8 Å². The van der Waals surface area contributed by atoms with Gasteiger partial charge < -0.3 is 20.4 Å². The van der Waals surface area contributed by atoms with E-state index >= 15 is 0 Å². The van der Waals surface area contributed by atoms with Crippen LogP contribution in [-0.2, 0) is 35.3 Å². The van der Waals surface area contributed by atoms with Crippen molar-refractivity contribution in [2.45, 2.75) is 37.9 Å². The number of nitrogens with zero attached hydrogens (tertiary/aromatic N) is 1. The number of carbonyl (C=O) groups is 2. The van der Waals surface area contributed by atoms with Gasteiger partial charge in [-0.15, -0.1) is 0 Å². The predicted octanol–water partition coefficient (Wildman–Crippen LogP) is 1.63. The van der Waals surface area contributed by atoms with Gasteiger partial charge in [0.15, 0.2) is 12.2 Å². The van der Waals surface area contributed by atoms with Gasteiger partial charge in [0.2, 0.25) is 0 Å². The molecule has 1 aliphatic heterocycles. The fraction of sp³-hybridized carbons (Fsp3) is 0.333. The molecule has 3 N–H and O–H groups in total. The highest BCUT2D eigenvalue weighted by molar-refractivity contribution is 5.90. The fourth-order valence-electron chi connectivity index (χ4n) is 3.25. The van der Waals surface area contributed by atoms with Crippen molar-refractivity contribution in [3.05, 3.63) is 70.8 Å². The minimum absolute atomic E-state index is 0.161. The minimum atomic E-state index is -4.46. The molecule has 2 aromatic carbocycles. The van der Waals surface area contributed by atoms with E-state index in [0.29, 0.717) is 18.5 Å². The third-order valence-corrected chi connectivity index (χ3v) is 5.01. The number of carbonyl (C=O) groups excluding carboxylic acids is 2. The Labute approximate surface area is 170 Å². The number of alkyl halides is 3. The number of hydrogen-bond acceptors (Lipinski definition) is 4. The zero-order chi connectivity index (χ0) is 21.9. The lowest BCUT2D eigenvalue weighted by Crippen LogP contribution is -2.51. The smallest absolute Gasteiger partial charge is 0.380 e. The third kappa shape index (κ3) is 4.98. The molecule has 0 aliphatic carbocycles. The maximum Gasteiger partial charge on any atom is 0.416 e. The van der Waals surface area contributed by atoms with E-state index in [1.165, 1.54) is 17.0 Å². The number of fused-ring (bicyclic) bond motifs is 1. The summed E-state index contributed by atoms with van der Waals surface area (Å²) in [6.07, 6.45) is -7.80. The fourth-order valence-corrected chi connectivity index (χ4v) is 3.25. The Hall–Kier alpha value is -2.91. The van der Waals surface area contributed by atoms with Crippen molar-refractivity contribution in [1.29, 1.82) is 0 Å². The Morgan fingerprint density at radius 1 is 1.00 bits per heavy atom. The van der Waals surface area contributed by atoms with Crippen LogP contribution in [0.15, 0.2) is 48.5 Å². The number of nitrogens with one attached hydrogen (secondary N) is 1. The second kappa shape index (κ2) is 8.85. The van der Waals surface area contributed by atoms with E-state index in [-0.39, 0.29) is 13.1 Å². The monoisotopic (exact) mass is 422 g/mol. The van der Waals surface area contributed by atoms with Crippen LogP contribution in [0.25, 0.3) is 0 Å². The summed E-state index contributed by atoms with van der Waals surface area (Å²) in [4.78, 5) is 26.0. The highest BCUT2D eigenvalue weighted by atomic mass is 19.4. The van der Waals surface area contributed by atoms with Crippen LogP contribution in [0.3, 0.4) is 0 Å². The Morgan fingerprint density at radius 2 is 1.63 bits per heavy atom. The van der Waals surface area contributed by atoms with Gasteiger partial charge in [0.25, 0.3) is 11.8 Å². The summed E-state index contributed by atoms with van der Waals surface area (Å²) in [5.74, 6) is -1.75. The largest absolute Gasteiger partial charge is 0.416 e. The molecule has 0 saturated heterocycles. The summed E-state index contributed by atoms with van der Waals surface area (Å²) in [5.41, 5.74) is 1.59. The van der Waals surface area contributed by atoms with E-state index in [1.807, 2.05) is 24.3 Å². The lowest BCUT2D eigenvalue weighted by Gasteiger charge is -2.31. The Balaban J connectivity index is 1.54. The minimum Gasteiger partial charge on any atom is -0.380 e. The van der Waals surface area contributed by atoms with Gasteiger partial charge in [-0.3, -0.25) is 9.59 Å². The van der Waals surface area contributed by atoms with Crippen molar-refractivity contribution < 1.29 is 33.0 Å². The molecule has 9 heteroatoms. The SMILES string of the molecule is O=C(NCc1ccc(C(F)(F)F)cc1)C(O)C(O)C(=O)N1CCc2ccccc2C1. The highest BCUT2D eigenvalue weighted by Crippen LogP contribution is 2.29. The molecule has 0 fully saturated rings. The Bertz CT molecular complexity index is 915. The normalized spacial score (nSPS) is 15.8. The number of hydrogen-bond donors (Lipinski definition) is 3. The average Bonchev–Trinajstić information content (AvgIpc) is 2.75. The van der Waals surface area contributed by atoms with Crippen LogP contribution in [-0.4, -0.2) is 45.7 Å². The molecule has 0 spiro atoms. The molecule has 6 nitrogen and oxygen atoms in total. The average molecular weight is 422 g/mol. The number of amides is 2. The van der Waals surface area contributed by atoms with Crippen molar-refractivity contribution in [3.8, 4) is 0 Å². The summed E-state index contributed by atoms with van der Waals surface area (Å²) in [7, 11) is 0. The van der Waals surface area contributed by atoms with Gasteiger partial charge in [-0.1, -0.05) is 36.4 Å². The summed E-state index contributed by atoms with van der Waals surface area (Å²) in [6, 6.07) is 11.7. The van der Waals surface area contributed by atoms with E-state index in [1.54, 1.807) is 0 Å². The summed E-state index contributed by atoms with van der Waals surface area (Å²) >= 11 is 0. The van der Waals surface area contributed by atoms with Crippen molar-refractivity contribution in [2.24, 2.45) is 0 Å². The summed E-state index contributed by atoms with van der Waals surface area (Å²) in [6.45, 7) is 0.463. The van der Waals surface area contributed by atoms with Crippen molar-refractivity contribution in [1.82, 2.24) is 10.2 Å². The van der Waals surface area contributed by atoms with Gasteiger partial charge in [0.05, 0.1) is 5.56 Å². The van der Waals surface area contributed by atoms with E-state index in [9.17, 15) is 33.0 Å². The lowest BCUT2D eigenvalue weighted by atomic mass is 9.99. The van der Waals surface area contributed by atoms with Crippen LogP contribution in [0.5, 0.6) is 0 Å². The molecular weight excluding hydrogens is 401 g/mol. The molecule has 0 saturated carbocycles. The molecule has 2 atom stereocenters. The number of aliphatic hydroxyl groups excluding tert-OH is 2. The first-order valence-corrected chi connectivity index (χ1v) is 9.32. The number of rotatable bonds is 5. The quantitative estimate of drug-likeness (QED) is 0.683. The van der Waals surface area contributed by atoms with Crippen LogP contribution in [0.4, 0.5) is 13.2 Å². The van der Waals surface area contributed by atoms with Crippen LogP contribution in [0.2, 0.25) is 0 Å². The van der Waals surface area contributed by atoms with Gasteiger partial charge in [0, 0.05) is 19.6 Å². The molecule has 1 aliphatic rings. The molecule has 160 valence electrons. The number of benzene rings is 2. The van der Waals surface area contributed by atoms with Crippen LogP contribution < -0.4 is 5.32 Å². The Kier molecular flexibility index (Phi) is 6.42. The molecule has 0 bridgehead atoms. The first-order chi connectivity index (χ1) is 14.2. The second-order valence-electron chi connectivity index (χ2n) is 7.08. The zero-order valence-electron chi connectivity index (χ0n) is 15.9. The van der Waals surface area contributed by atoms with E-state index in [2.05, 4.69) is 5.32 Å². The summed E-state index contributed by atoms with van der Waals surface area (Å²) in [5, 5.41) is 22.5. The molecule has 30 heavy (non-hydrogen) atoms. The standard InChI is InChI=1S/C21H21F3N2O4/c22-21(23,24)16-7-5-13(6-8-16)11-25-19(29)17(27)18(28)20(30)26-10-9-14-3-1-2-4-15(14)12-26/h1-8,17-18,27-28H,9-12H2,(H,25,29). The van der Waals surface area contributed by atoms with E-state index in [4.69, 9.17) is 0 Å². The van der Waals surface area contributed by atoms with Crippen molar-refractivity contribution in [2.75, 3.05) is 6.54 Å². The lowest BCUT2D eigenvalue weighted by molar-refractivity contribution is -0.153. The second-order valence-corrected chi connectivity index (χ2v) is 7.08. The topological polar surface area (TPSA) is 89.9 Å². The maximum absolute atomic E-state index is 12.6. The first kappa shape index (κ1) is 21.8. The molecule has 0 radical (unpaired) electrons. The van der Waals surface area contributed by atoms with Crippen molar-refractivity contribution >= 4 is 11.8 Å². The number of halogens is 3. The molecule has 2 amide bonds. The zero-order valence-corrected chi connectivity index (χ0v) is 15.9. The summed E-state index contributed by atoms with van der Waals surface area (Å²) < 4.78 is 37.7. The molecule has 0 aromatic heterocycles. The first-order valence-electron chi connectivity index (χ1n) is 9.32. The third-order valence-electron chi connectivity index (χ3n) is 5.01. The van der Waals surface area contributed by atoms with Gasteiger partial charge in [-0.05, 0) is 35.2 Å². The predicted molar refractivity (Wildman–Crippen MR) is 101 cm³/mol. The number of aliphatic hydroxyl groups is 2. The van der Waals surface area contributed by atoms with Gasteiger partial charge >= 0.3 is 6.18 Å². The van der Waals surface area contributed by atoms with Gasteiger partial charge in [0.1, 0.15) is 0 Å². The molecule has 2 unspecified atom stereocenters. The maximum atomic E-state index is 12.6. The van der Waals surface area contributed by atoms with Crippen LogP contribution >= 0.6 is 0 Å². The van der Waals surface area contributed by atoms with Gasteiger partial charge in [-0.25, -0.2) is 0 Å². The van der Waals surface area contributed by atoms with Crippen LogP contribution in [0.1, 0.15) is 22.3 Å².